The lowest BCUT2D eigenvalue weighted by Gasteiger charge is -2.04. The van der Waals surface area contributed by atoms with Crippen LogP contribution in [-0.2, 0) is 11.3 Å². The van der Waals surface area contributed by atoms with Gasteiger partial charge in [0.25, 0.3) is 0 Å². The van der Waals surface area contributed by atoms with Crippen LogP contribution in [0, 0.1) is 6.92 Å². The first-order valence-electron chi connectivity index (χ1n) is 4.04. The maximum atomic E-state index is 10.7. The standard InChI is InChI=1S/C9H13NO3/c1-7-8(9(11)12)3-4-10(7)5-6-13-2/h3-4H,5-6H2,1-2H3,(H,11,12). The molecule has 0 amide bonds. The van der Waals surface area contributed by atoms with Crippen molar-refractivity contribution in [3.63, 3.8) is 0 Å². The van der Waals surface area contributed by atoms with Gasteiger partial charge in [-0.25, -0.2) is 4.79 Å². The van der Waals surface area contributed by atoms with E-state index < -0.39 is 5.97 Å². The molecule has 1 aromatic rings. The maximum absolute atomic E-state index is 10.7. The van der Waals surface area contributed by atoms with Crippen LogP contribution in [-0.4, -0.2) is 29.4 Å². The normalized spacial score (nSPS) is 10.3. The number of hydrogen-bond acceptors (Lipinski definition) is 2. The molecule has 1 N–H and O–H groups in total. The van der Waals surface area contributed by atoms with E-state index in [1.807, 2.05) is 4.57 Å². The molecule has 1 rings (SSSR count). The van der Waals surface area contributed by atoms with Crippen molar-refractivity contribution in [3.05, 3.63) is 23.5 Å². The highest BCUT2D eigenvalue weighted by Gasteiger charge is 2.10. The van der Waals surface area contributed by atoms with Crippen molar-refractivity contribution >= 4 is 5.97 Å². The highest BCUT2D eigenvalue weighted by atomic mass is 16.5. The number of aromatic carboxylic acids is 1. The van der Waals surface area contributed by atoms with Crippen molar-refractivity contribution < 1.29 is 14.6 Å². The molecule has 72 valence electrons. The molecule has 1 heterocycles. The molecule has 0 aliphatic rings. The number of hydrogen-bond donors (Lipinski definition) is 1. The van der Waals surface area contributed by atoms with E-state index in [4.69, 9.17) is 9.84 Å². The SMILES string of the molecule is COCCn1ccc(C(=O)O)c1C. The predicted octanol–water partition coefficient (Wildman–Crippen LogP) is 1.14. The Morgan fingerprint density at radius 2 is 2.38 bits per heavy atom. The predicted molar refractivity (Wildman–Crippen MR) is 48.0 cm³/mol. The molecule has 0 fully saturated rings. The summed E-state index contributed by atoms with van der Waals surface area (Å²) in [5.74, 6) is -0.881. The maximum Gasteiger partial charge on any atom is 0.337 e. The van der Waals surface area contributed by atoms with Crippen LogP contribution in [0.1, 0.15) is 16.1 Å². The molecule has 0 spiro atoms. The van der Waals surface area contributed by atoms with E-state index in [0.29, 0.717) is 18.7 Å². The Labute approximate surface area is 76.7 Å². The van der Waals surface area contributed by atoms with Gasteiger partial charge >= 0.3 is 5.97 Å². The minimum Gasteiger partial charge on any atom is -0.478 e. The first-order chi connectivity index (χ1) is 6.16. The van der Waals surface area contributed by atoms with E-state index in [1.165, 1.54) is 0 Å². The summed E-state index contributed by atoms with van der Waals surface area (Å²) in [6.45, 7) is 3.07. The highest BCUT2D eigenvalue weighted by Crippen LogP contribution is 2.09. The van der Waals surface area contributed by atoms with Gasteiger partial charge in [0.15, 0.2) is 0 Å². The van der Waals surface area contributed by atoms with Gasteiger partial charge in [0.2, 0.25) is 0 Å². The van der Waals surface area contributed by atoms with Gasteiger partial charge in [-0.05, 0) is 13.0 Å². The van der Waals surface area contributed by atoms with Crippen LogP contribution in [0.2, 0.25) is 0 Å². The molecule has 0 aromatic carbocycles. The first kappa shape index (κ1) is 9.80. The molecular weight excluding hydrogens is 170 g/mol. The van der Waals surface area contributed by atoms with E-state index in [2.05, 4.69) is 0 Å². The molecule has 0 saturated carbocycles. The summed E-state index contributed by atoms with van der Waals surface area (Å²) >= 11 is 0. The molecule has 4 nitrogen and oxygen atoms in total. The van der Waals surface area contributed by atoms with Crippen molar-refractivity contribution in [3.8, 4) is 0 Å². The van der Waals surface area contributed by atoms with Gasteiger partial charge in [-0.2, -0.15) is 0 Å². The zero-order chi connectivity index (χ0) is 9.84. The van der Waals surface area contributed by atoms with Gasteiger partial charge in [-0.1, -0.05) is 0 Å². The first-order valence-corrected chi connectivity index (χ1v) is 4.04. The monoisotopic (exact) mass is 183 g/mol. The van der Waals surface area contributed by atoms with Gasteiger partial charge in [0.05, 0.1) is 12.2 Å². The Balaban J connectivity index is 2.80. The largest absolute Gasteiger partial charge is 0.478 e. The Bertz CT molecular complexity index is 304. The topological polar surface area (TPSA) is 51.5 Å². The third-order valence-corrected chi connectivity index (χ3v) is 2.01. The Morgan fingerprint density at radius 1 is 1.69 bits per heavy atom. The van der Waals surface area contributed by atoms with Crippen LogP contribution in [0.3, 0.4) is 0 Å². The number of carboxylic acids is 1. The van der Waals surface area contributed by atoms with Gasteiger partial charge in [-0.3, -0.25) is 0 Å². The second-order valence-electron chi connectivity index (χ2n) is 2.81. The molecule has 0 aliphatic heterocycles. The zero-order valence-corrected chi connectivity index (χ0v) is 7.78. The molecule has 0 aliphatic carbocycles. The van der Waals surface area contributed by atoms with Crippen LogP contribution in [0.25, 0.3) is 0 Å². The fourth-order valence-electron chi connectivity index (χ4n) is 1.21. The Kier molecular flexibility index (Phi) is 3.08. The molecule has 1 aromatic heterocycles. The van der Waals surface area contributed by atoms with Crippen molar-refractivity contribution in [2.24, 2.45) is 0 Å². The second kappa shape index (κ2) is 4.09. The summed E-state index contributed by atoms with van der Waals surface area (Å²) in [4.78, 5) is 10.7. The third kappa shape index (κ3) is 2.09. The van der Waals surface area contributed by atoms with E-state index in [-0.39, 0.29) is 0 Å². The zero-order valence-electron chi connectivity index (χ0n) is 7.78. The summed E-state index contributed by atoms with van der Waals surface area (Å²) in [5.41, 5.74) is 1.13. The Hall–Kier alpha value is -1.29. The van der Waals surface area contributed by atoms with Gasteiger partial charge in [0.1, 0.15) is 0 Å². The van der Waals surface area contributed by atoms with Gasteiger partial charge < -0.3 is 14.4 Å². The van der Waals surface area contributed by atoms with Crippen LogP contribution in [0.5, 0.6) is 0 Å². The number of carbonyl (C=O) groups is 1. The summed E-state index contributed by atoms with van der Waals surface area (Å²) in [6.07, 6.45) is 1.76. The number of aromatic nitrogens is 1. The number of methoxy groups -OCH3 is 1. The van der Waals surface area contributed by atoms with Crippen molar-refractivity contribution in [2.75, 3.05) is 13.7 Å². The molecule has 0 bridgehead atoms. The van der Waals surface area contributed by atoms with Crippen LogP contribution < -0.4 is 0 Å². The molecule has 0 radical (unpaired) electrons. The Morgan fingerprint density at radius 3 is 2.85 bits per heavy atom. The van der Waals surface area contributed by atoms with Crippen molar-refractivity contribution in [2.45, 2.75) is 13.5 Å². The minimum absolute atomic E-state index is 0.358. The van der Waals surface area contributed by atoms with Crippen LogP contribution in [0.15, 0.2) is 12.3 Å². The van der Waals surface area contributed by atoms with E-state index in [1.54, 1.807) is 26.3 Å². The lowest BCUT2D eigenvalue weighted by atomic mass is 10.2. The molecule has 0 atom stereocenters. The van der Waals surface area contributed by atoms with E-state index in [9.17, 15) is 4.79 Å². The minimum atomic E-state index is -0.881. The van der Waals surface area contributed by atoms with Gasteiger partial charge in [0, 0.05) is 25.5 Å². The van der Waals surface area contributed by atoms with Crippen LogP contribution in [0.4, 0.5) is 0 Å². The summed E-state index contributed by atoms with van der Waals surface area (Å²) in [7, 11) is 1.62. The average molecular weight is 183 g/mol. The third-order valence-electron chi connectivity index (χ3n) is 2.01. The smallest absolute Gasteiger partial charge is 0.337 e. The molecule has 4 heteroatoms. The quantitative estimate of drug-likeness (QED) is 0.761. The van der Waals surface area contributed by atoms with Crippen molar-refractivity contribution in [1.82, 2.24) is 4.57 Å². The average Bonchev–Trinajstić information content (AvgIpc) is 2.43. The summed E-state index contributed by atoms with van der Waals surface area (Å²) < 4.78 is 6.77. The lowest BCUT2D eigenvalue weighted by molar-refractivity contribution is 0.0696. The molecule has 13 heavy (non-hydrogen) atoms. The molecule has 0 saturated heterocycles. The number of ether oxygens (including phenoxy) is 1. The van der Waals surface area contributed by atoms with Crippen molar-refractivity contribution in [1.29, 1.82) is 0 Å². The van der Waals surface area contributed by atoms with E-state index in [0.717, 1.165) is 5.69 Å². The highest BCUT2D eigenvalue weighted by molar-refractivity contribution is 5.88. The number of rotatable bonds is 4. The molecular formula is C9H13NO3. The second-order valence-corrected chi connectivity index (χ2v) is 2.81. The summed E-state index contributed by atoms with van der Waals surface area (Å²) in [6, 6.07) is 1.60. The number of carboxylic acid groups (broad SMARTS) is 1. The van der Waals surface area contributed by atoms with Gasteiger partial charge in [-0.15, -0.1) is 0 Å². The van der Waals surface area contributed by atoms with E-state index >= 15 is 0 Å². The summed E-state index contributed by atoms with van der Waals surface area (Å²) in [5, 5.41) is 8.76. The van der Waals surface area contributed by atoms with Crippen LogP contribution >= 0.6 is 0 Å². The lowest BCUT2D eigenvalue weighted by Crippen LogP contribution is -2.06. The fraction of sp³-hybridized carbons (Fsp3) is 0.444. The fourth-order valence-corrected chi connectivity index (χ4v) is 1.21. The molecule has 0 unspecified atom stereocenters. The number of nitrogens with zero attached hydrogens (tertiary/aromatic N) is 1.